The molecule has 0 bridgehead atoms. The Kier molecular flexibility index (Phi) is 5.37. The van der Waals surface area contributed by atoms with E-state index in [1.807, 2.05) is 0 Å². The summed E-state index contributed by atoms with van der Waals surface area (Å²) in [5.41, 5.74) is 1.16. The lowest BCUT2D eigenvalue weighted by Gasteiger charge is -2.07. The Morgan fingerprint density at radius 2 is 2.20 bits per heavy atom. The molecule has 0 saturated heterocycles. The average Bonchev–Trinajstić information content (AvgIpc) is 3.26. The van der Waals surface area contributed by atoms with Gasteiger partial charge in [0.1, 0.15) is 10.8 Å². The predicted molar refractivity (Wildman–Crippen MR) is 94.3 cm³/mol. The maximum Gasteiger partial charge on any atom is 0.270 e. The zero-order chi connectivity index (χ0) is 17.8. The highest BCUT2D eigenvalue weighted by atomic mass is 32.1. The van der Waals surface area contributed by atoms with E-state index in [4.69, 9.17) is 4.84 Å². The standard InChI is InChI=1S/C17H19FN4O2S/c1-3-10(4-2)16-20-21-17(25-16)19-15(23)14-9-13(22-24-14)11-6-5-7-12(18)8-11/h5-8,10,14H,3-4,9H2,1-2H3,(H,19,21,23). The number of halogens is 1. The Labute approximate surface area is 149 Å². The number of amides is 1. The van der Waals surface area contributed by atoms with Crippen molar-refractivity contribution in [3.63, 3.8) is 0 Å². The largest absolute Gasteiger partial charge is 0.382 e. The fraction of sp³-hybridized carbons (Fsp3) is 0.412. The molecule has 25 heavy (non-hydrogen) atoms. The van der Waals surface area contributed by atoms with E-state index in [0.29, 0.717) is 22.3 Å². The predicted octanol–water partition coefficient (Wildman–Crippen LogP) is 3.71. The zero-order valence-electron chi connectivity index (χ0n) is 14.0. The molecular formula is C17H19FN4O2S. The molecule has 1 N–H and O–H groups in total. The Bertz CT molecular complexity index is 788. The number of nitrogens with one attached hydrogen (secondary N) is 1. The van der Waals surface area contributed by atoms with Crippen LogP contribution in [0.1, 0.15) is 49.6 Å². The van der Waals surface area contributed by atoms with Crippen molar-refractivity contribution in [3.8, 4) is 0 Å². The summed E-state index contributed by atoms with van der Waals surface area (Å²) in [6, 6.07) is 6.06. The topological polar surface area (TPSA) is 76.5 Å². The third kappa shape index (κ3) is 4.01. The van der Waals surface area contributed by atoms with Crippen LogP contribution >= 0.6 is 11.3 Å². The van der Waals surface area contributed by atoms with Gasteiger partial charge < -0.3 is 4.84 Å². The number of hydrogen-bond acceptors (Lipinski definition) is 6. The smallest absolute Gasteiger partial charge is 0.270 e. The normalized spacial score (nSPS) is 16.6. The minimum Gasteiger partial charge on any atom is -0.382 e. The summed E-state index contributed by atoms with van der Waals surface area (Å²) >= 11 is 1.38. The number of rotatable bonds is 6. The number of carbonyl (C=O) groups is 1. The SMILES string of the molecule is CCC(CC)c1nnc(NC(=O)C2CC(c3cccc(F)c3)=NO2)s1. The second-order valence-corrected chi connectivity index (χ2v) is 6.80. The van der Waals surface area contributed by atoms with Crippen molar-refractivity contribution >= 4 is 28.1 Å². The van der Waals surface area contributed by atoms with E-state index >= 15 is 0 Å². The molecule has 8 heteroatoms. The van der Waals surface area contributed by atoms with E-state index in [9.17, 15) is 9.18 Å². The van der Waals surface area contributed by atoms with Crippen LogP contribution in [0.25, 0.3) is 0 Å². The molecule has 3 rings (SSSR count). The van der Waals surface area contributed by atoms with E-state index in [1.165, 1.54) is 23.5 Å². The third-order valence-electron chi connectivity index (χ3n) is 4.12. The lowest BCUT2D eigenvalue weighted by atomic mass is 10.0. The lowest BCUT2D eigenvalue weighted by molar-refractivity contribution is -0.125. The highest BCUT2D eigenvalue weighted by molar-refractivity contribution is 7.15. The van der Waals surface area contributed by atoms with Crippen molar-refractivity contribution in [2.45, 2.75) is 45.1 Å². The number of oxime groups is 1. The summed E-state index contributed by atoms with van der Waals surface area (Å²) in [6.45, 7) is 4.21. The first kappa shape index (κ1) is 17.5. The van der Waals surface area contributed by atoms with Gasteiger partial charge in [0.25, 0.3) is 5.91 Å². The molecule has 0 aliphatic carbocycles. The van der Waals surface area contributed by atoms with Crippen molar-refractivity contribution in [2.75, 3.05) is 5.32 Å². The number of hydrogen-bond donors (Lipinski definition) is 1. The van der Waals surface area contributed by atoms with Crippen molar-refractivity contribution in [2.24, 2.45) is 5.16 Å². The average molecular weight is 362 g/mol. The molecule has 0 fully saturated rings. The minimum absolute atomic E-state index is 0.285. The fourth-order valence-corrected chi connectivity index (χ4v) is 3.64. The van der Waals surface area contributed by atoms with Crippen LogP contribution in [0.5, 0.6) is 0 Å². The van der Waals surface area contributed by atoms with Crippen molar-refractivity contribution < 1.29 is 14.0 Å². The molecule has 1 aromatic carbocycles. The molecule has 2 heterocycles. The minimum atomic E-state index is -0.751. The van der Waals surface area contributed by atoms with Crippen LogP contribution in [0, 0.1) is 5.82 Å². The second kappa shape index (κ2) is 7.69. The molecule has 0 radical (unpaired) electrons. The summed E-state index contributed by atoms with van der Waals surface area (Å²) in [5.74, 6) is -0.327. The summed E-state index contributed by atoms with van der Waals surface area (Å²) in [4.78, 5) is 17.5. The lowest BCUT2D eigenvalue weighted by Crippen LogP contribution is -2.28. The number of anilines is 1. The first-order chi connectivity index (χ1) is 12.1. The van der Waals surface area contributed by atoms with Gasteiger partial charge in [-0.2, -0.15) is 0 Å². The van der Waals surface area contributed by atoms with Gasteiger partial charge in [0.15, 0.2) is 0 Å². The molecule has 0 saturated carbocycles. The summed E-state index contributed by atoms with van der Waals surface area (Å²) in [7, 11) is 0. The molecule has 2 aromatic rings. The Balaban J connectivity index is 1.60. The van der Waals surface area contributed by atoms with Gasteiger partial charge in [-0.05, 0) is 25.0 Å². The molecule has 6 nitrogen and oxygen atoms in total. The summed E-state index contributed by atoms with van der Waals surface area (Å²) in [6.07, 6.45) is 1.50. The summed E-state index contributed by atoms with van der Waals surface area (Å²) in [5, 5.41) is 16.2. The van der Waals surface area contributed by atoms with E-state index in [2.05, 4.69) is 34.5 Å². The maximum absolute atomic E-state index is 13.3. The molecule has 1 aliphatic rings. The number of carbonyl (C=O) groups excluding carboxylic acids is 1. The van der Waals surface area contributed by atoms with Crippen molar-refractivity contribution in [1.82, 2.24) is 10.2 Å². The van der Waals surface area contributed by atoms with E-state index in [0.717, 1.165) is 17.8 Å². The molecule has 1 aliphatic heterocycles. The van der Waals surface area contributed by atoms with Crippen LogP contribution in [0.2, 0.25) is 0 Å². The number of aromatic nitrogens is 2. The highest BCUT2D eigenvalue weighted by Crippen LogP contribution is 2.28. The monoisotopic (exact) mass is 362 g/mol. The van der Waals surface area contributed by atoms with Crippen LogP contribution in [0.15, 0.2) is 29.4 Å². The number of benzene rings is 1. The van der Waals surface area contributed by atoms with Gasteiger partial charge in [0, 0.05) is 17.9 Å². The first-order valence-corrected chi connectivity index (χ1v) is 9.05. The van der Waals surface area contributed by atoms with Crippen molar-refractivity contribution in [1.29, 1.82) is 0 Å². The Hall–Kier alpha value is -2.35. The van der Waals surface area contributed by atoms with Gasteiger partial charge in [-0.3, -0.25) is 10.1 Å². The number of nitrogens with zero attached hydrogens (tertiary/aromatic N) is 3. The molecule has 132 valence electrons. The molecule has 1 unspecified atom stereocenters. The Morgan fingerprint density at radius 3 is 2.92 bits per heavy atom. The molecule has 1 aromatic heterocycles. The van der Waals surface area contributed by atoms with Gasteiger partial charge in [-0.1, -0.05) is 42.5 Å². The van der Waals surface area contributed by atoms with Crippen LogP contribution in [0.3, 0.4) is 0 Å². The maximum atomic E-state index is 13.3. The molecular weight excluding hydrogens is 343 g/mol. The fourth-order valence-electron chi connectivity index (χ4n) is 2.63. The van der Waals surface area contributed by atoms with Gasteiger partial charge in [-0.15, -0.1) is 10.2 Å². The highest BCUT2D eigenvalue weighted by Gasteiger charge is 2.30. The first-order valence-electron chi connectivity index (χ1n) is 8.23. The Morgan fingerprint density at radius 1 is 1.40 bits per heavy atom. The quantitative estimate of drug-likeness (QED) is 0.850. The van der Waals surface area contributed by atoms with E-state index < -0.39 is 6.10 Å². The van der Waals surface area contributed by atoms with Crippen LogP contribution in [-0.4, -0.2) is 27.9 Å². The van der Waals surface area contributed by atoms with Gasteiger partial charge in [0.05, 0.1) is 5.71 Å². The van der Waals surface area contributed by atoms with E-state index in [-0.39, 0.29) is 18.1 Å². The van der Waals surface area contributed by atoms with Crippen LogP contribution in [0.4, 0.5) is 9.52 Å². The van der Waals surface area contributed by atoms with Crippen LogP contribution < -0.4 is 5.32 Å². The van der Waals surface area contributed by atoms with Gasteiger partial charge in [0.2, 0.25) is 11.2 Å². The van der Waals surface area contributed by atoms with Crippen LogP contribution in [-0.2, 0) is 9.63 Å². The van der Waals surface area contributed by atoms with Crippen molar-refractivity contribution in [3.05, 3.63) is 40.7 Å². The van der Waals surface area contributed by atoms with E-state index in [1.54, 1.807) is 12.1 Å². The molecule has 1 amide bonds. The zero-order valence-corrected chi connectivity index (χ0v) is 14.8. The second-order valence-electron chi connectivity index (χ2n) is 5.79. The van der Waals surface area contributed by atoms with Gasteiger partial charge >= 0.3 is 0 Å². The molecule has 1 atom stereocenters. The van der Waals surface area contributed by atoms with Gasteiger partial charge in [-0.25, -0.2) is 4.39 Å². The molecule has 0 spiro atoms. The summed E-state index contributed by atoms with van der Waals surface area (Å²) < 4.78 is 13.3. The third-order valence-corrected chi connectivity index (χ3v) is 5.13.